The average Bonchev–Trinajstić information content (AvgIpc) is 1.63. The molecule has 0 aromatic rings. The summed E-state index contributed by atoms with van der Waals surface area (Å²) in [6.45, 7) is 1.75. The number of hydrogen-bond donors (Lipinski definition) is 1. The SMILES string of the molecule is CC1(N)CCC1F. The van der Waals surface area contributed by atoms with E-state index in [1.54, 1.807) is 6.92 Å². The Kier molecular flexibility index (Phi) is 0.854. The van der Waals surface area contributed by atoms with Crippen LogP contribution in [0.5, 0.6) is 0 Å². The number of hydrogen-bond acceptors (Lipinski definition) is 1. The van der Waals surface area contributed by atoms with Gasteiger partial charge in [0.2, 0.25) is 0 Å². The first-order valence-corrected chi connectivity index (χ1v) is 2.56. The average molecular weight is 103 g/mol. The van der Waals surface area contributed by atoms with Crippen molar-refractivity contribution in [1.82, 2.24) is 0 Å². The monoisotopic (exact) mass is 103 g/mol. The molecule has 0 bridgehead atoms. The quantitative estimate of drug-likeness (QED) is 0.483. The summed E-state index contributed by atoms with van der Waals surface area (Å²) < 4.78 is 12.2. The molecule has 0 aromatic heterocycles. The highest BCUT2D eigenvalue weighted by Gasteiger charge is 2.39. The van der Waals surface area contributed by atoms with Gasteiger partial charge in [-0.3, -0.25) is 0 Å². The van der Waals surface area contributed by atoms with Crippen LogP contribution in [0.15, 0.2) is 0 Å². The molecule has 1 saturated carbocycles. The Hall–Kier alpha value is -0.110. The third kappa shape index (κ3) is 0.630. The smallest absolute Gasteiger partial charge is 0.118 e. The molecular formula is C5H10FN. The molecular weight excluding hydrogens is 93.1 g/mol. The minimum absolute atomic E-state index is 0.486. The van der Waals surface area contributed by atoms with Crippen LogP contribution < -0.4 is 5.73 Å². The summed E-state index contributed by atoms with van der Waals surface area (Å²) in [5.41, 5.74) is 4.90. The Balaban J connectivity index is 2.43. The van der Waals surface area contributed by atoms with Crippen LogP contribution in [0.4, 0.5) is 4.39 Å². The van der Waals surface area contributed by atoms with Crippen molar-refractivity contribution in [3.05, 3.63) is 0 Å². The van der Waals surface area contributed by atoms with E-state index < -0.39 is 11.7 Å². The lowest BCUT2D eigenvalue weighted by atomic mass is 9.78. The maximum Gasteiger partial charge on any atom is 0.118 e. The second kappa shape index (κ2) is 1.19. The number of rotatable bonds is 0. The van der Waals surface area contributed by atoms with Crippen molar-refractivity contribution in [2.24, 2.45) is 5.73 Å². The van der Waals surface area contributed by atoms with Crippen molar-refractivity contribution < 1.29 is 4.39 Å². The highest BCUT2D eigenvalue weighted by Crippen LogP contribution is 2.31. The van der Waals surface area contributed by atoms with Gasteiger partial charge in [-0.1, -0.05) is 0 Å². The normalized spacial score (nSPS) is 51.0. The van der Waals surface area contributed by atoms with Crippen molar-refractivity contribution in [2.75, 3.05) is 0 Å². The van der Waals surface area contributed by atoms with Gasteiger partial charge in [0, 0.05) is 5.54 Å². The van der Waals surface area contributed by atoms with Crippen LogP contribution in [-0.4, -0.2) is 11.7 Å². The molecule has 0 amide bonds. The molecule has 2 unspecified atom stereocenters. The van der Waals surface area contributed by atoms with E-state index in [-0.39, 0.29) is 0 Å². The van der Waals surface area contributed by atoms with E-state index in [0.717, 1.165) is 6.42 Å². The Labute approximate surface area is 42.7 Å². The fourth-order valence-electron chi connectivity index (χ4n) is 0.709. The molecule has 1 aliphatic carbocycles. The molecule has 0 heterocycles. The fraction of sp³-hybridized carbons (Fsp3) is 1.00. The van der Waals surface area contributed by atoms with Crippen molar-refractivity contribution in [3.8, 4) is 0 Å². The summed E-state index contributed by atoms with van der Waals surface area (Å²) in [4.78, 5) is 0. The lowest BCUT2D eigenvalue weighted by molar-refractivity contribution is 0.0928. The van der Waals surface area contributed by atoms with Gasteiger partial charge >= 0.3 is 0 Å². The maximum atomic E-state index is 12.2. The van der Waals surface area contributed by atoms with Crippen LogP contribution in [0, 0.1) is 0 Å². The topological polar surface area (TPSA) is 26.0 Å². The van der Waals surface area contributed by atoms with Gasteiger partial charge < -0.3 is 5.73 Å². The van der Waals surface area contributed by atoms with E-state index in [0.29, 0.717) is 6.42 Å². The molecule has 42 valence electrons. The van der Waals surface area contributed by atoms with Crippen LogP contribution in [0.2, 0.25) is 0 Å². The third-order valence-corrected chi connectivity index (χ3v) is 1.65. The first-order chi connectivity index (χ1) is 3.13. The van der Waals surface area contributed by atoms with Gasteiger partial charge in [-0.2, -0.15) is 0 Å². The molecule has 1 fully saturated rings. The number of alkyl halides is 1. The van der Waals surface area contributed by atoms with Gasteiger partial charge in [-0.15, -0.1) is 0 Å². The molecule has 0 saturated heterocycles. The van der Waals surface area contributed by atoms with Crippen LogP contribution in [0.25, 0.3) is 0 Å². The Morgan fingerprint density at radius 1 is 1.86 bits per heavy atom. The molecule has 1 nitrogen and oxygen atoms in total. The minimum atomic E-state index is -0.743. The van der Waals surface area contributed by atoms with Crippen LogP contribution in [-0.2, 0) is 0 Å². The van der Waals surface area contributed by atoms with E-state index >= 15 is 0 Å². The molecule has 2 N–H and O–H groups in total. The Morgan fingerprint density at radius 3 is 2.29 bits per heavy atom. The molecule has 0 radical (unpaired) electrons. The number of halogens is 1. The molecule has 2 heteroatoms. The van der Waals surface area contributed by atoms with Gasteiger partial charge in [-0.05, 0) is 19.8 Å². The second-order valence-electron chi connectivity index (χ2n) is 2.51. The van der Waals surface area contributed by atoms with Crippen molar-refractivity contribution >= 4 is 0 Å². The van der Waals surface area contributed by atoms with E-state index in [4.69, 9.17) is 5.73 Å². The first-order valence-electron chi connectivity index (χ1n) is 2.56. The van der Waals surface area contributed by atoms with Gasteiger partial charge in [-0.25, -0.2) is 4.39 Å². The minimum Gasteiger partial charge on any atom is -0.323 e. The largest absolute Gasteiger partial charge is 0.323 e. The number of nitrogens with two attached hydrogens (primary N) is 1. The Morgan fingerprint density at radius 2 is 2.29 bits per heavy atom. The van der Waals surface area contributed by atoms with Gasteiger partial charge in [0.05, 0.1) is 0 Å². The molecule has 1 aliphatic rings. The highest BCUT2D eigenvalue weighted by molar-refractivity contribution is 4.96. The second-order valence-corrected chi connectivity index (χ2v) is 2.51. The summed E-state index contributed by atoms with van der Waals surface area (Å²) in [6, 6.07) is 0. The van der Waals surface area contributed by atoms with E-state index in [1.807, 2.05) is 0 Å². The fourth-order valence-corrected chi connectivity index (χ4v) is 0.709. The summed E-state index contributed by atoms with van der Waals surface area (Å²) in [5.74, 6) is 0. The predicted molar refractivity (Wildman–Crippen MR) is 26.7 cm³/mol. The lowest BCUT2D eigenvalue weighted by Crippen LogP contribution is -2.53. The molecule has 1 rings (SSSR count). The summed E-state index contributed by atoms with van der Waals surface area (Å²) >= 11 is 0. The molecule has 2 atom stereocenters. The highest BCUT2D eigenvalue weighted by atomic mass is 19.1. The zero-order valence-electron chi connectivity index (χ0n) is 4.45. The van der Waals surface area contributed by atoms with Crippen LogP contribution in [0.1, 0.15) is 19.8 Å². The van der Waals surface area contributed by atoms with Crippen molar-refractivity contribution in [3.63, 3.8) is 0 Å². The van der Waals surface area contributed by atoms with E-state index in [2.05, 4.69) is 0 Å². The van der Waals surface area contributed by atoms with Crippen LogP contribution in [0.3, 0.4) is 0 Å². The van der Waals surface area contributed by atoms with Crippen molar-refractivity contribution in [2.45, 2.75) is 31.5 Å². The zero-order valence-corrected chi connectivity index (χ0v) is 4.45. The van der Waals surface area contributed by atoms with Gasteiger partial charge in [0.25, 0.3) is 0 Å². The summed E-state index contributed by atoms with van der Waals surface area (Å²) in [6.07, 6.45) is 0.758. The van der Waals surface area contributed by atoms with E-state index in [1.165, 1.54) is 0 Å². The first kappa shape index (κ1) is 5.04. The standard InChI is InChI=1S/C5H10FN/c1-5(7)3-2-4(5)6/h4H,2-3,7H2,1H3. The summed E-state index contributed by atoms with van der Waals surface area (Å²) in [5, 5.41) is 0. The Bertz CT molecular complexity index is 80.1. The molecule has 0 aliphatic heterocycles. The lowest BCUT2D eigenvalue weighted by Gasteiger charge is -2.38. The van der Waals surface area contributed by atoms with Crippen LogP contribution >= 0.6 is 0 Å². The zero-order chi connectivity index (χ0) is 5.49. The molecule has 0 spiro atoms. The van der Waals surface area contributed by atoms with Gasteiger partial charge in [0.1, 0.15) is 6.17 Å². The molecule has 0 aromatic carbocycles. The molecule has 7 heavy (non-hydrogen) atoms. The van der Waals surface area contributed by atoms with Crippen molar-refractivity contribution in [1.29, 1.82) is 0 Å². The maximum absolute atomic E-state index is 12.2. The van der Waals surface area contributed by atoms with Gasteiger partial charge in [0.15, 0.2) is 0 Å². The third-order valence-electron chi connectivity index (χ3n) is 1.65. The summed E-state index contributed by atoms with van der Waals surface area (Å²) in [7, 11) is 0. The predicted octanol–water partition coefficient (Wildman–Crippen LogP) is 0.836. The van der Waals surface area contributed by atoms with E-state index in [9.17, 15) is 4.39 Å².